The molecular weight excluding hydrogens is 222 g/mol. The molecule has 0 heterocycles. The molecule has 1 saturated carbocycles. The van der Waals surface area contributed by atoms with Crippen LogP contribution in [0.2, 0.25) is 0 Å². The van der Waals surface area contributed by atoms with Crippen LogP contribution in [0.5, 0.6) is 0 Å². The Labute approximate surface area is 110 Å². The molecule has 1 aromatic carbocycles. The Morgan fingerprint density at radius 3 is 2.61 bits per heavy atom. The van der Waals surface area contributed by atoms with E-state index < -0.39 is 0 Å². The Kier molecular flexibility index (Phi) is 4.05. The number of aryl methyl sites for hydroxylation is 1. The van der Waals surface area contributed by atoms with Gasteiger partial charge in [-0.2, -0.15) is 0 Å². The lowest BCUT2D eigenvalue weighted by molar-refractivity contribution is -0.115. The van der Waals surface area contributed by atoms with Crippen molar-refractivity contribution in [2.45, 2.75) is 39.5 Å². The number of nitrogens with zero attached hydrogens (tertiary/aromatic N) is 1. The van der Waals surface area contributed by atoms with Gasteiger partial charge >= 0.3 is 0 Å². The van der Waals surface area contributed by atoms with Crippen LogP contribution in [0, 0.1) is 12.3 Å². The van der Waals surface area contributed by atoms with Gasteiger partial charge < -0.3 is 9.69 Å². The number of anilines is 1. The molecular formula is C16H23NO. The fourth-order valence-electron chi connectivity index (χ4n) is 2.98. The van der Waals surface area contributed by atoms with E-state index in [1.54, 1.807) is 0 Å². The maximum atomic E-state index is 11.5. The highest BCUT2D eigenvalue weighted by atomic mass is 16.1. The molecule has 0 spiro atoms. The molecule has 1 fully saturated rings. The van der Waals surface area contributed by atoms with E-state index in [4.69, 9.17) is 0 Å². The van der Waals surface area contributed by atoms with E-state index in [9.17, 15) is 4.79 Å². The Hall–Kier alpha value is -1.31. The first-order chi connectivity index (χ1) is 8.69. The lowest BCUT2D eigenvalue weighted by atomic mass is 9.87. The predicted octanol–water partition coefficient (Wildman–Crippen LogP) is 3.58. The van der Waals surface area contributed by atoms with Crippen LogP contribution in [-0.2, 0) is 4.79 Å². The number of carbonyl (C=O) groups is 1. The molecule has 1 aromatic rings. The minimum Gasteiger partial charge on any atom is -0.371 e. The molecule has 18 heavy (non-hydrogen) atoms. The van der Waals surface area contributed by atoms with Crippen molar-refractivity contribution in [3.05, 3.63) is 29.8 Å². The zero-order valence-corrected chi connectivity index (χ0v) is 11.5. The average molecular weight is 245 g/mol. The highest BCUT2D eigenvalue weighted by Gasteiger charge is 2.35. The SMILES string of the molecule is CCN(CC1(C=O)CCCC1)c1cccc(C)c1. The first-order valence-electron chi connectivity index (χ1n) is 6.97. The second-order valence-electron chi connectivity index (χ2n) is 5.54. The lowest BCUT2D eigenvalue weighted by Crippen LogP contribution is -2.37. The Balaban J connectivity index is 2.16. The average Bonchev–Trinajstić information content (AvgIpc) is 2.85. The fraction of sp³-hybridized carbons (Fsp3) is 0.562. The summed E-state index contributed by atoms with van der Waals surface area (Å²) in [7, 11) is 0. The van der Waals surface area contributed by atoms with Crippen molar-refractivity contribution < 1.29 is 4.79 Å². The first kappa shape index (κ1) is 13.1. The smallest absolute Gasteiger partial charge is 0.127 e. The molecule has 0 atom stereocenters. The second-order valence-corrected chi connectivity index (χ2v) is 5.54. The summed E-state index contributed by atoms with van der Waals surface area (Å²) in [5.41, 5.74) is 2.42. The van der Waals surface area contributed by atoms with Crippen LogP contribution in [0.4, 0.5) is 5.69 Å². The summed E-state index contributed by atoms with van der Waals surface area (Å²) in [6.45, 7) is 6.10. The third kappa shape index (κ3) is 2.74. The second kappa shape index (κ2) is 5.55. The molecule has 0 unspecified atom stereocenters. The third-order valence-electron chi connectivity index (χ3n) is 4.10. The van der Waals surface area contributed by atoms with Crippen molar-refractivity contribution in [3.8, 4) is 0 Å². The minimum atomic E-state index is -0.0975. The Morgan fingerprint density at radius 1 is 1.33 bits per heavy atom. The maximum absolute atomic E-state index is 11.5. The number of carbonyl (C=O) groups excluding carboxylic acids is 1. The number of hydrogen-bond donors (Lipinski definition) is 0. The molecule has 2 nitrogen and oxygen atoms in total. The van der Waals surface area contributed by atoms with Gasteiger partial charge in [-0.25, -0.2) is 0 Å². The zero-order chi connectivity index (χ0) is 13.0. The topological polar surface area (TPSA) is 20.3 Å². The summed E-state index contributed by atoms with van der Waals surface area (Å²) in [5, 5.41) is 0. The van der Waals surface area contributed by atoms with Gasteiger partial charge in [0.05, 0.1) is 0 Å². The molecule has 2 heteroatoms. The van der Waals surface area contributed by atoms with E-state index in [2.05, 4.69) is 43.0 Å². The van der Waals surface area contributed by atoms with Gasteiger partial charge in [-0.1, -0.05) is 25.0 Å². The summed E-state index contributed by atoms with van der Waals surface area (Å²) in [4.78, 5) is 13.8. The third-order valence-corrected chi connectivity index (χ3v) is 4.10. The number of rotatable bonds is 5. The van der Waals surface area contributed by atoms with Crippen LogP contribution in [0.15, 0.2) is 24.3 Å². The Bertz CT molecular complexity index is 407. The molecule has 0 N–H and O–H groups in total. The van der Waals surface area contributed by atoms with E-state index in [0.29, 0.717) is 0 Å². The van der Waals surface area contributed by atoms with Gasteiger partial charge in [-0.3, -0.25) is 0 Å². The number of hydrogen-bond acceptors (Lipinski definition) is 2. The van der Waals surface area contributed by atoms with Crippen LogP contribution in [0.1, 0.15) is 38.2 Å². The molecule has 0 aromatic heterocycles. The number of aldehydes is 1. The molecule has 98 valence electrons. The number of benzene rings is 1. The van der Waals surface area contributed by atoms with Gasteiger partial charge in [0.2, 0.25) is 0 Å². The van der Waals surface area contributed by atoms with Crippen molar-refractivity contribution in [1.29, 1.82) is 0 Å². The van der Waals surface area contributed by atoms with E-state index in [0.717, 1.165) is 25.9 Å². The molecule has 1 aliphatic rings. The van der Waals surface area contributed by atoms with Crippen molar-refractivity contribution in [3.63, 3.8) is 0 Å². The maximum Gasteiger partial charge on any atom is 0.127 e. The van der Waals surface area contributed by atoms with Gasteiger partial charge in [0.25, 0.3) is 0 Å². The van der Waals surface area contributed by atoms with Crippen LogP contribution < -0.4 is 4.90 Å². The van der Waals surface area contributed by atoms with E-state index >= 15 is 0 Å². The van der Waals surface area contributed by atoms with Crippen LogP contribution >= 0.6 is 0 Å². The summed E-state index contributed by atoms with van der Waals surface area (Å²) >= 11 is 0. The van der Waals surface area contributed by atoms with Gasteiger partial charge in [0.15, 0.2) is 0 Å². The minimum absolute atomic E-state index is 0.0975. The fourth-order valence-corrected chi connectivity index (χ4v) is 2.98. The van der Waals surface area contributed by atoms with Gasteiger partial charge in [0.1, 0.15) is 6.29 Å². The van der Waals surface area contributed by atoms with E-state index in [-0.39, 0.29) is 5.41 Å². The summed E-state index contributed by atoms with van der Waals surface area (Å²) in [6.07, 6.45) is 5.71. The highest BCUT2D eigenvalue weighted by molar-refractivity contribution is 5.62. The van der Waals surface area contributed by atoms with Gasteiger partial charge in [0, 0.05) is 24.2 Å². The predicted molar refractivity (Wildman–Crippen MR) is 76.0 cm³/mol. The van der Waals surface area contributed by atoms with Crippen LogP contribution in [-0.4, -0.2) is 19.4 Å². The first-order valence-corrected chi connectivity index (χ1v) is 6.97. The van der Waals surface area contributed by atoms with Crippen LogP contribution in [0.3, 0.4) is 0 Å². The van der Waals surface area contributed by atoms with Crippen molar-refractivity contribution in [1.82, 2.24) is 0 Å². The highest BCUT2D eigenvalue weighted by Crippen LogP contribution is 2.37. The standard InChI is InChI=1S/C16H23NO/c1-3-17(15-8-6-7-14(2)11-15)12-16(13-18)9-4-5-10-16/h6-8,11,13H,3-5,9-10,12H2,1-2H3. The summed E-state index contributed by atoms with van der Waals surface area (Å²) in [5.74, 6) is 0. The Morgan fingerprint density at radius 2 is 2.06 bits per heavy atom. The summed E-state index contributed by atoms with van der Waals surface area (Å²) in [6, 6.07) is 8.55. The normalized spacial score (nSPS) is 17.7. The van der Waals surface area contributed by atoms with Gasteiger partial charge in [-0.15, -0.1) is 0 Å². The summed E-state index contributed by atoms with van der Waals surface area (Å²) < 4.78 is 0. The van der Waals surface area contributed by atoms with E-state index in [1.165, 1.54) is 30.4 Å². The van der Waals surface area contributed by atoms with Crippen LogP contribution in [0.25, 0.3) is 0 Å². The molecule has 0 saturated heterocycles. The molecule has 0 bridgehead atoms. The van der Waals surface area contributed by atoms with Crippen molar-refractivity contribution >= 4 is 12.0 Å². The zero-order valence-electron chi connectivity index (χ0n) is 11.5. The quantitative estimate of drug-likeness (QED) is 0.739. The van der Waals surface area contributed by atoms with Crippen molar-refractivity contribution in [2.75, 3.05) is 18.0 Å². The van der Waals surface area contributed by atoms with Gasteiger partial charge in [-0.05, 0) is 44.4 Å². The van der Waals surface area contributed by atoms with E-state index in [1.807, 2.05) is 0 Å². The molecule has 0 radical (unpaired) electrons. The molecule has 1 aliphatic carbocycles. The lowest BCUT2D eigenvalue weighted by Gasteiger charge is -2.32. The largest absolute Gasteiger partial charge is 0.371 e. The van der Waals surface area contributed by atoms with Crippen molar-refractivity contribution in [2.24, 2.45) is 5.41 Å². The monoisotopic (exact) mass is 245 g/mol. The molecule has 0 aliphatic heterocycles. The molecule has 2 rings (SSSR count). The molecule has 0 amide bonds.